The number of hydrogen-bond donors (Lipinski definition) is 1. The van der Waals surface area contributed by atoms with E-state index in [9.17, 15) is 8.78 Å². The Labute approximate surface area is 94.5 Å². The number of halogens is 3. The molecule has 0 fully saturated rings. The van der Waals surface area contributed by atoms with E-state index in [4.69, 9.17) is 11.6 Å². The predicted octanol–water partition coefficient (Wildman–Crippen LogP) is 3.34. The third kappa shape index (κ3) is 5.09. The van der Waals surface area contributed by atoms with Gasteiger partial charge in [-0.25, -0.2) is 8.78 Å². The molecule has 4 heteroatoms. The Morgan fingerprint density at radius 3 is 2.40 bits per heavy atom. The summed E-state index contributed by atoms with van der Waals surface area (Å²) in [5.74, 6) is -3.75. The molecule has 86 valence electrons. The summed E-state index contributed by atoms with van der Waals surface area (Å²) in [5, 5.41) is 2.74. The molecule has 1 nitrogen and oxygen atoms in total. The minimum atomic E-state index is -2.82. The molecule has 1 atom stereocenters. The topological polar surface area (TPSA) is 12.0 Å². The zero-order chi connectivity index (χ0) is 12.1. The fraction of sp³-hybridized carbons (Fsp3) is 0.455. The van der Waals surface area contributed by atoms with Crippen molar-refractivity contribution in [3.05, 3.63) is 35.9 Å². The number of rotatable bonds is 6. The summed E-state index contributed by atoms with van der Waals surface area (Å²) in [6, 6.07) is 0. The number of alkyl halides is 2. The Bertz CT molecular complexity index is 272. The quantitative estimate of drug-likeness (QED) is 0.697. The van der Waals surface area contributed by atoms with E-state index < -0.39 is 11.8 Å². The van der Waals surface area contributed by atoms with Gasteiger partial charge in [-0.15, -0.1) is 0 Å². The Hall–Kier alpha value is -0.670. The maximum Gasteiger partial charge on any atom is 0.266 e. The lowest BCUT2D eigenvalue weighted by Gasteiger charge is -2.23. The molecule has 0 saturated heterocycles. The van der Waals surface area contributed by atoms with Crippen LogP contribution in [0.25, 0.3) is 0 Å². The van der Waals surface area contributed by atoms with Gasteiger partial charge in [0.25, 0.3) is 5.92 Å². The second-order valence-electron chi connectivity index (χ2n) is 3.37. The molecule has 0 rings (SSSR count). The standard InChI is InChI=1S/C11H16ClF2N/c1-8(5-6-9(2)12)10(3)11(13,14)7-15-4/h5-6,10,15H,1-2,7H2,3-4H3/b6-5-. The van der Waals surface area contributed by atoms with E-state index in [0.29, 0.717) is 10.6 Å². The molecule has 0 aliphatic heterocycles. The van der Waals surface area contributed by atoms with Gasteiger partial charge in [0.15, 0.2) is 0 Å². The maximum absolute atomic E-state index is 13.4. The minimum Gasteiger partial charge on any atom is -0.314 e. The van der Waals surface area contributed by atoms with Crippen LogP contribution in [-0.2, 0) is 0 Å². The van der Waals surface area contributed by atoms with Crippen LogP contribution in [0.4, 0.5) is 8.78 Å². The average molecular weight is 236 g/mol. The molecule has 1 N–H and O–H groups in total. The van der Waals surface area contributed by atoms with Crippen LogP contribution < -0.4 is 5.32 Å². The van der Waals surface area contributed by atoms with Crippen LogP contribution >= 0.6 is 11.6 Å². The van der Waals surface area contributed by atoms with Crippen LogP contribution in [0.1, 0.15) is 6.92 Å². The molecule has 0 aliphatic rings. The SMILES string of the molecule is C=C(Cl)/C=C\C(=C)C(C)C(F)(F)CNC. The Morgan fingerprint density at radius 2 is 2.00 bits per heavy atom. The van der Waals surface area contributed by atoms with Gasteiger partial charge < -0.3 is 5.32 Å². The normalized spacial score (nSPS) is 14.2. The lowest BCUT2D eigenvalue weighted by atomic mass is 9.95. The van der Waals surface area contributed by atoms with Crippen molar-refractivity contribution < 1.29 is 8.78 Å². The van der Waals surface area contributed by atoms with Crippen molar-refractivity contribution in [2.24, 2.45) is 5.92 Å². The van der Waals surface area contributed by atoms with Crippen LogP contribution in [0.2, 0.25) is 0 Å². The summed E-state index contributed by atoms with van der Waals surface area (Å²) in [7, 11) is 1.49. The molecule has 0 aromatic carbocycles. The van der Waals surface area contributed by atoms with Crippen LogP contribution in [0.5, 0.6) is 0 Å². The molecule has 0 saturated carbocycles. The van der Waals surface area contributed by atoms with E-state index in [1.165, 1.54) is 26.1 Å². The first-order chi connectivity index (χ1) is 6.81. The second kappa shape index (κ2) is 6.03. The number of allylic oxidation sites excluding steroid dienone is 4. The first-order valence-electron chi connectivity index (χ1n) is 4.55. The highest BCUT2D eigenvalue weighted by molar-refractivity contribution is 6.30. The molecule has 0 aromatic heterocycles. The number of hydrogen-bond acceptors (Lipinski definition) is 1. The van der Waals surface area contributed by atoms with Crippen LogP contribution in [0.3, 0.4) is 0 Å². The summed E-state index contributed by atoms with van der Waals surface area (Å²) in [6.45, 7) is 8.06. The fourth-order valence-electron chi connectivity index (χ4n) is 1.00. The van der Waals surface area contributed by atoms with E-state index in [1.54, 1.807) is 0 Å². The van der Waals surface area contributed by atoms with Crippen LogP contribution in [0.15, 0.2) is 35.9 Å². The average Bonchev–Trinajstić information content (AvgIpc) is 2.12. The zero-order valence-electron chi connectivity index (χ0n) is 8.99. The lowest BCUT2D eigenvalue weighted by Crippen LogP contribution is -2.37. The Balaban J connectivity index is 4.50. The lowest BCUT2D eigenvalue weighted by molar-refractivity contribution is -0.0333. The van der Waals surface area contributed by atoms with Gasteiger partial charge in [-0.1, -0.05) is 37.8 Å². The van der Waals surface area contributed by atoms with Crippen molar-refractivity contribution in [2.75, 3.05) is 13.6 Å². The Kier molecular flexibility index (Phi) is 5.76. The fourth-order valence-corrected chi connectivity index (χ4v) is 1.06. The third-order valence-corrected chi connectivity index (χ3v) is 2.21. The minimum absolute atomic E-state index is 0.292. The summed E-state index contributed by atoms with van der Waals surface area (Å²) in [6.07, 6.45) is 2.92. The molecule has 0 bridgehead atoms. The van der Waals surface area contributed by atoms with Crippen molar-refractivity contribution in [1.29, 1.82) is 0 Å². The summed E-state index contributed by atoms with van der Waals surface area (Å²) >= 11 is 5.48. The van der Waals surface area contributed by atoms with Gasteiger partial charge >= 0.3 is 0 Å². The molecule has 0 amide bonds. The van der Waals surface area contributed by atoms with E-state index in [-0.39, 0.29) is 6.54 Å². The molecule has 0 aliphatic carbocycles. The van der Waals surface area contributed by atoms with Gasteiger partial charge in [0.05, 0.1) is 6.54 Å². The second-order valence-corrected chi connectivity index (χ2v) is 3.85. The van der Waals surface area contributed by atoms with Gasteiger partial charge in [-0.05, 0) is 18.7 Å². The third-order valence-electron chi connectivity index (χ3n) is 2.08. The first kappa shape index (κ1) is 14.3. The predicted molar refractivity (Wildman–Crippen MR) is 61.3 cm³/mol. The van der Waals surface area contributed by atoms with Gasteiger partial charge in [-0.2, -0.15) is 0 Å². The molecule has 1 unspecified atom stereocenters. The number of nitrogens with one attached hydrogen (secondary N) is 1. The molecule has 15 heavy (non-hydrogen) atoms. The van der Waals surface area contributed by atoms with Gasteiger partial charge in [0.2, 0.25) is 0 Å². The van der Waals surface area contributed by atoms with Crippen LogP contribution in [0, 0.1) is 5.92 Å². The van der Waals surface area contributed by atoms with E-state index in [2.05, 4.69) is 18.5 Å². The Morgan fingerprint density at radius 1 is 1.47 bits per heavy atom. The monoisotopic (exact) mass is 235 g/mol. The summed E-state index contributed by atoms with van der Waals surface area (Å²) in [5.41, 5.74) is 0.331. The van der Waals surface area contributed by atoms with E-state index in [1.807, 2.05) is 0 Å². The van der Waals surface area contributed by atoms with Crippen molar-refractivity contribution in [1.82, 2.24) is 5.32 Å². The highest BCUT2D eigenvalue weighted by atomic mass is 35.5. The summed E-state index contributed by atoms with van der Waals surface area (Å²) < 4.78 is 26.8. The molecular formula is C11H16ClF2N. The van der Waals surface area contributed by atoms with Crippen molar-refractivity contribution >= 4 is 11.6 Å². The molecular weight excluding hydrogens is 220 g/mol. The highest BCUT2D eigenvalue weighted by Crippen LogP contribution is 2.29. The zero-order valence-corrected chi connectivity index (χ0v) is 9.74. The molecule has 0 heterocycles. The molecule has 0 radical (unpaired) electrons. The molecule has 0 spiro atoms. The smallest absolute Gasteiger partial charge is 0.266 e. The van der Waals surface area contributed by atoms with Crippen molar-refractivity contribution in [3.63, 3.8) is 0 Å². The highest BCUT2D eigenvalue weighted by Gasteiger charge is 2.36. The maximum atomic E-state index is 13.4. The van der Waals surface area contributed by atoms with E-state index in [0.717, 1.165) is 0 Å². The summed E-state index contributed by atoms with van der Waals surface area (Å²) in [4.78, 5) is 0. The van der Waals surface area contributed by atoms with Crippen molar-refractivity contribution in [2.45, 2.75) is 12.8 Å². The van der Waals surface area contributed by atoms with Crippen LogP contribution in [-0.4, -0.2) is 19.5 Å². The largest absolute Gasteiger partial charge is 0.314 e. The molecule has 0 aromatic rings. The van der Waals surface area contributed by atoms with Gasteiger partial charge in [0, 0.05) is 11.0 Å². The first-order valence-corrected chi connectivity index (χ1v) is 4.92. The van der Waals surface area contributed by atoms with E-state index >= 15 is 0 Å². The van der Waals surface area contributed by atoms with Gasteiger partial charge in [-0.3, -0.25) is 0 Å². The van der Waals surface area contributed by atoms with Crippen molar-refractivity contribution in [3.8, 4) is 0 Å². The van der Waals surface area contributed by atoms with Gasteiger partial charge in [0.1, 0.15) is 0 Å².